The standard InChI is InChI=1S/C23H27N3OS/c1-7-26(6)14-25-20-12-17(4)19(11-18(20)5)22(27)21(13-24)28-23-15(2)9-8-10-16(23)3/h8-12,14,21H,7H2,1-6H3. The molecule has 0 fully saturated rings. The van der Waals surface area contributed by atoms with Crippen molar-refractivity contribution in [3.63, 3.8) is 0 Å². The van der Waals surface area contributed by atoms with E-state index in [4.69, 9.17) is 0 Å². The summed E-state index contributed by atoms with van der Waals surface area (Å²) in [7, 11) is 1.96. The van der Waals surface area contributed by atoms with E-state index < -0.39 is 5.25 Å². The van der Waals surface area contributed by atoms with Crippen LogP contribution in [0.15, 0.2) is 40.2 Å². The Kier molecular flexibility index (Phi) is 7.42. The lowest BCUT2D eigenvalue weighted by Gasteiger charge is -2.15. The second-order valence-corrected chi connectivity index (χ2v) is 8.10. The number of benzene rings is 2. The van der Waals surface area contributed by atoms with E-state index in [1.165, 1.54) is 11.8 Å². The molecule has 0 saturated heterocycles. The average Bonchev–Trinajstić information content (AvgIpc) is 2.67. The van der Waals surface area contributed by atoms with Gasteiger partial charge in [0.05, 0.1) is 18.1 Å². The Labute approximate surface area is 172 Å². The van der Waals surface area contributed by atoms with Gasteiger partial charge in [0.1, 0.15) is 0 Å². The molecule has 146 valence electrons. The molecule has 0 amide bonds. The fourth-order valence-corrected chi connectivity index (χ4v) is 3.86. The zero-order valence-corrected chi connectivity index (χ0v) is 18.2. The Bertz CT molecular complexity index is 923. The number of nitriles is 1. The number of aliphatic imine (C=N–C) groups is 1. The second kappa shape index (κ2) is 9.57. The molecule has 0 aliphatic carbocycles. The zero-order valence-electron chi connectivity index (χ0n) is 17.4. The van der Waals surface area contributed by atoms with Crippen molar-refractivity contribution in [3.05, 3.63) is 58.1 Å². The molecular weight excluding hydrogens is 366 g/mol. The van der Waals surface area contributed by atoms with Gasteiger partial charge in [-0.1, -0.05) is 30.0 Å². The molecule has 1 unspecified atom stereocenters. The molecule has 0 aliphatic heterocycles. The molecule has 0 saturated carbocycles. The predicted molar refractivity (Wildman–Crippen MR) is 118 cm³/mol. The maximum Gasteiger partial charge on any atom is 0.190 e. The summed E-state index contributed by atoms with van der Waals surface area (Å²) in [6, 6.07) is 12.0. The summed E-state index contributed by atoms with van der Waals surface area (Å²) in [5, 5.41) is 8.89. The zero-order chi connectivity index (χ0) is 20.8. The minimum atomic E-state index is -0.779. The van der Waals surface area contributed by atoms with Crippen molar-refractivity contribution in [1.29, 1.82) is 5.26 Å². The minimum Gasteiger partial charge on any atom is -0.366 e. The van der Waals surface area contributed by atoms with E-state index >= 15 is 0 Å². The molecule has 2 aromatic carbocycles. The van der Waals surface area contributed by atoms with Gasteiger partial charge in [-0.2, -0.15) is 5.26 Å². The molecule has 0 aliphatic rings. The molecule has 2 aromatic rings. The van der Waals surface area contributed by atoms with Crippen molar-refractivity contribution in [2.75, 3.05) is 13.6 Å². The van der Waals surface area contributed by atoms with Crippen LogP contribution in [0.5, 0.6) is 0 Å². The van der Waals surface area contributed by atoms with Crippen LogP contribution in [-0.4, -0.2) is 35.9 Å². The molecule has 1 atom stereocenters. The minimum absolute atomic E-state index is 0.156. The number of nitrogens with zero attached hydrogens (tertiary/aromatic N) is 3. The Morgan fingerprint density at radius 1 is 1.18 bits per heavy atom. The number of aryl methyl sites for hydroxylation is 4. The Morgan fingerprint density at radius 3 is 2.39 bits per heavy atom. The van der Waals surface area contributed by atoms with Gasteiger partial charge in [0.25, 0.3) is 0 Å². The van der Waals surface area contributed by atoms with Crippen molar-refractivity contribution >= 4 is 29.6 Å². The summed E-state index contributed by atoms with van der Waals surface area (Å²) in [6.45, 7) is 10.8. The van der Waals surface area contributed by atoms with Gasteiger partial charge < -0.3 is 4.90 Å². The topological polar surface area (TPSA) is 56.5 Å². The van der Waals surface area contributed by atoms with Gasteiger partial charge in [0.15, 0.2) is 11.0 Å². The first-order chi connectivity index (χ1) is 13.3. The fourth-order valence-electron chi connectivity index (χ4n) is 2.83. The van der Waals surface area contributed by atoms with Gasteiger partial charge in [0.2, 0.25) is 0 Å². The molecule has 4 nitrogen and oxygen atoms in total. The number of Topliss-reactive ketones (excluding diaryl/α,β-unsaturated/α-hetero) is 1. The van der Waals surface area contributed by atoms with E-state index in [0.717, 1.165) is 39.4 Å². The highest BCUT2D eigenvalue weighted by Crippen LogP contribution is 2.33. The van der Waals surface area contributed by atoms with Crippen LogP contribution in [0.25, 0.3) is 0 Å². The number of hydrogen-bond donors (Lipinski definition) is 0. The number of carbonyl (C=O) groups is 1. The van der Waals surface area contributed by atoms with E-state index in [2.05, 4.69) is 18.0 Å². The van der Waals surface area contributed by atoms with Crippen molar-refractivity contribution in [2.24, 2.45) is 4.99 Å². The van der Waals surface area contributed by atoms with Crippen LogP contribution in [0.4, 0.5) is 5.69 Å². The number of thioether (sulfide) groups is 1. The van der Waals surface area contributed by atoms with E-state index in [9.17, 15) is 10.1 Å². The third kappa shape index (κ3) is 5.02. The van der Waals surface area contributed by atoms with Gasteiger partial charge >= 0.3 is 0 Å². The first-order valence-electron chi connectivity index (χ1n) is 9.30. The van der Waals surface area contributed by atoms with Crippen molar-refractivity contribution in [1.82, 2.24) is 4.90 Å². The summed E-state index contributed by atoms with van der Waals surface area (Å²) in [5.74, 6) is -0.156. The lowest BCUT2D eigenvalue weighted by atomic mass is 9.99. The maximum absolute atomic E-state index is 13.1. The summed E-state index contributed by atoms with van der Waals surface area (Å²) in [6.07, 6.45) is 1.79. The Balaban J connectivity index is 2.33. The normalized spacial score (nSPS) is 12.0. The molecular formula is C23H27N3OS. The molecule has 0 aromatic heterocycles. The highest BCUT2D eigenvalue weighted by Gasteiger charge is 2.24. The van der Waals surface area contributed by atoms with Crippen LogP contribution < -0.4 is 0 Å². The molecule has 0 N–H and O–H groups in total. The van der Waals surface area contributed by atoms with Gasteiger partial charge in [-0.15, -0.1) is 0 Å². The van der Waals surface area contributed by atoms with Crippen molar-refractivity contribution < 1.29 is 4.79 Å². The molecule has 0 radical (unpaired) electrons. The number of hydrogen-bond acceptors (Lipinski definition) is 4. The second-order valence-electron chi connectivity index (χ2n) is 6.98. The summed E-state index contributed by atoms with van der Waals surface area (Å²) in [4.78, 5) is 20.6. The third-order valence-corrected chi connectivity index (χ3v) is 6.14. The van der Waals surface area contributed by atoms with Crippen LogP contribution in [0.2, 0.25) is 0 Å². The Morgan fingerprint density at radius 2 is 1.82 bits per heavy atom. The first kappa shape index (κ1) is 21.7. The van der Waals surface area contributed by atoms with Crippen molar-refractivity contribution in [3.8, 4) is 6.07 Å². The van der Waals surface area contributed by atoms with Gasteiger partial charge in [-0.25, -0.2) is 4.99 Å². The van der Waals surface area contributed by atoms with Crippen molar-refractivity contribution in [2.45, 2.75) is 44.8 Å². The monoisotopic (exact) mass is 393 g/mol. The molecule has 0 heterocycles. The number of carbonyl (C=O) groups excluding carboxylic acids is 1. The number of ketones is 1. The molecule has 0 spiro atoms. The van der Waals surface area contributed by atoms with Crippen LogP contribution in [0.3, 0.4) is 0 Å². The van der Waals surface area contributed by atoms with Gasteiger partial charge in [0, 0.05) is 24.1 Å². The smallest absolute Gasteiger partial charge is 0.190 e. The van der Waals surface area contributed by atoms with Gasteiger partial charge in [-0.3, -0.25) is 4.79 Å². The fraction of sp³-hybridized carbons (Fsp3) is 0.348. The first-order valence-corrected chi connectivity index (χ1v) is 10.2. The summed E-state index contributed by atoms with van der Waals surface area (Å²) >= 11 is 1.33. The SMILES string of the molecule is CCN(C)C=Nc1cc(C)c(C(=O)C(C#N)Sc2c(C)cccc2C)cc1C. The largest absolute Gasteiger partial charge is 0.366 e. The lowest BCUT2D eigenvalue weighted by molar-refractivity contribution is 0.100. The van der Waals surface area contributed by atoms with E-state index in [0.29, 0.717) is 5.56 Å². The molecule has 2 rings (SSSR count). The molecule has 5 heteroatoms. The van der Waals surface area contributed by atoms with Crippen LogP contribution in [-0.2, 0) is 0 Å². The Hall–Kier alpha value is -2.58. The van der Waals surface area contributed by atoms with Gasteiger partial charge in [-0.05, 0) is 69.0 Å². The van der Waals surface area contributed by atoms with E-state index in [-0.39, 0.29) is 5.78 Å². The maximum atomic E-state index is 13.1. The molecule has 0 bridgehead atoms. The molecule has 28 heavy (non-hydrogen) atoms. The highest BCUT2D eigenvalue weighted by atomic mass is 32.2. The van der Waals surface area contributed by atoms with E-state index in [1.807, 2.05) is 70.0 Å². The number of rotatable bonds is 7. The quantitative estimate of drug-likeness (QED) is 0.273. The van der Waals surface area contributed by atoms with Crippen LogP contribution in [0.1, 0.15) is 39.5 Å². The summed E-state index contributed by atoms with van der Waals surface area (Å²) in [5.41, 5.74) is 5.34. The van der Waals surface area contributed by atoms with Crippen LogP contribution in [0, 0.1) is 39.0 Å². The van der Waals surface area contributed by atoms with Crippen LogP contribution >= 0.6 is 11.8 Å². The predicted octanol–water partition coefficient (Wildman–Crippen LogP) is 5.40. The summed E-state index contributed by atoms with van der Waals surface area (Å²) < 4.78 is 0. The lowest BCUT2D eigenvalue weighted by Crippen LogP contribution is -2.17. The third-order valence-electron chi connectivity index (χ3n) is 4.70. The average molecular weight is 394 g/mol. The highest BCUT2D eigenvalue weighted by molar-refractivity contribution is 8.01. The van der Waals surface area contributed by atoms with E-state index in [1.54, 1.807) is 6.34 Å².